The Bertz CT molecular complexity index is 317. The van der Waals surface area contributed by atoms with Gasteiger partial charge in [-0.05, 0) is 25.8 Å². The maximum absolute atomic E-state index is 11.3. The minimum Gasteiger partial charge on any atom is -0.462 e. The summed E-state index contributed by atoms with van der Waals surface area (Å²) in [5.41, 5.74) is 4.87. The van der Waals surface area contributed by atoms with E-state index in [2.05, 4.69) is 21.6 Å². The van der Waals surface area contributed by atoms with E-state index in [1.54, 1.807) is 19.9 Å². The van der Waals surface area contributed by atoms with Gasteiger partial charge in [0.05, 0.1) is 6.10 Å². The quantitative estimate of drug-likeness (QED) is 0.230. The van der Waals surface area contributed by atoms with Crippen LogP contribution in [0, 0.1) is 0 Å². The van der Waals surface area contributed by atoms with Gasteiger partial charge in [-0.25, -0.2) is 9.59 Å². The second kappa shape index (κ2) is 8.45. The van der Waals surface area contributed by atoms with Crippen LogP contribution < -0.4 is 15.8 Å². The molecule has 0 radical (unpaired) electrons. The second-order valence-electron chi connectivity index (χ2n) is 3.08. The first-order valence-electron chi connectivity index (χ1n) is 4.80. The van der Waals surface area contributed by atoms with Crippen molar-refractivity contribution >= 4 is 30.0 Å². The maximum atomic E-state index is 11.3. The Kier molecular flexibility index (Phi) is 7.61. The molecular formula is C9H16N4O3S. The highest BCUT2D eigenvalue weighted by Crippen LogP contribution is 1.93. The van der Waals surface area contributed by atoms with Gasteiger partial charge in [-0.2, -0.15) is 0 Å². The highest BCUT2D eigenvalue weighted by molar-refractivity contribution is 7.98. The first-order chi connectivity index (χ1) is 7.95. The lowest BCUT2D eigenvalue weighted by Gasteiger charge is -2.12. The van der Waals surface area contributed by atoms with Gasteiger partial charge in [-0.1, -0.05) is 6.08 Å². The molecule has 0 aromatic heterocycles. The summed E-state index contributed by atoms with van der Waals surface area (Å²) in [6.45, 7) is 6.94. The third-order valence-corrected chi connectivity index (χ3v) is 1.88. The Labute approximate surface area is 104 Å². The molecule has 4 amide bonds. The van der Waals surface area contributed by atoms with Crippen molar-refractivity contribution in [1.29, 1.82) is 0 Å². The van der Waals surface area contributed by atoms with Crippen molar-refractivity contribution in [3.8, 4) is 0 Å². The van der Waals surface area contributed by atoms with Crippen LogP contribution in [0.3, 0.4) is 0 Å². The zero-order valence-electron chi connectivity index (χ0n) is 9.73. The number of nitrogens with two attached hydrogens (primary N) is 1. The van der Waals surface area contributed by atoms with Crippen LogP contribution in [-0.2, 0) is 4.74 Å². The molecule has 0 unspecified atom stereocenters. The number of amides is 4. The highest BCUT2D eigenvalue weighted by Gasteiger charge is 2.09. The first kappa shape index (κ1) is 15.3. The Morgan fingerprint density at radius 1 is 1.59 bits per heavy atom. The SMILES string of the molecule is C=CCSNC(=O)NC(=NC(N)=O)OC(C)C. The molecule has 0 saturated heterocycles. The Hall–Kier alpha value is -1.70. The molecule has 0 aliphatic heterocycles. The van der Waals surface area contributed by atoms with Crippen LogP contribution in [0.1, 0.15) is 13.8 Å². The number of rotatable bonds is 4. The lowest BCUT2D eigenvalue weighted by atomic mass is 10.5. The fraction of sp³-hybridized carbons (Fsp3) is 0.444. The topological polar surface area (TPSA) is 106 Å². The van der Waals surface area contributed by atoms with Crippen molar-refractivity contribution in [2.75, 3.05) is 5.75 Å². The van der Waals surface area contributed by atoms with Crippen molar-refractivity contribution in [1.82, 2.24) is 10.0 Å². The number of primary amides is 1. The molecule has 0 heterocycles. The summed E-state index contributed by atoms with van der Waals surface area (Å²) in [5, 5.41) is 2.26. The van der Waals surface area contributed by atoms with E-state index < -0.39 is 12.1 Å². The van der Waals surface area contributed by atoms with Crippen molar-refractivity contribution in [2.24, 2.45) is 10.7 Å². The molecule has 0 aromatic carbocycles. The Morgan fingerprint density at radius 2 is 2.24 bits per heavy atom. The number of urea groups is 2. The van der Waals surface area contributed by atoms with E-state index in [0.29, 0.717) is 5.75 Å². The molecule has 0 fully saturated rings. The summed E-state index contributed by atoms with van der Waals surface area (Å²) in [4.78, 5) is 25.2. The van der Waals surface area contributed by atoms with Gasteiger partial charge >= 0.3 is 18.1 Å². The molecule has 7 nitrogen and oxygen atoms in total. The van der Waals surface area contributed by atoms with Gasteiger partial charge < -0.3 is 10.5 Å². The third-order valence-electron chi connectivity index (χ3n) is 1.15. The van der Waals surface area contributed by atoms with Crippen molar-refractivity contribution in [2.45, 2.75) is 20.0 Å². The number of hydrogen-bond acceptors (Lipinski definition) is 4. The normalized spacial score (nSPS) is 10.9. The average molecular weight is 260 g/mol. The number of aliphatic imine (C=N–C) groups is 1. The predicted octanol–water partition coefficient (Wildman–Crippen LogP) is 0.980. The molecule has 0 aliphatic carbocycles. The van der Waals surface area contributed by atoms with Gasteiger partial charge in [0.15, 0.2) is 0 Å². The zero-order valence-corrected chi connectivity index (χ0v) is 10.5. The molecule has 0 spiro atoms. The minimum absolute atomic E-state index is 0.232. The lowest BCUT2D eigenvalue weighted by Crippen LogP contribution is -2.39. The molecular weight excluding hydrogens is 244 g/mol. The first-order valence-corrected chi connectivity index (χ1v) is 5.78. The van der Waals surface area contributed by atoms with Crippen molar-refractivity contribution < 1.29 is 14.3 Å². The molecule has 96 valence electrons. The number of ether oxygens (including phenoxy) is 1. The van der Waals surface area contributed by atoms with Gasteiger partial charge in [0.25, 0.3) is 0 Å². The Morgan fingerprint density at radius 3 is 2.71 bits per heavy atom. The third kappa shape index (κ3) is 9.24. The van der Waals surface area contributed by atoms with E-state index in [4.69, 9.17) is 10.5 Å². The van der Waals surface area contributed by atoms with Crippen LogP contribution in [0.25, 0.3) is 0 Å². The van der Waals surface area contributed by atoms with Gasteiger partial charge in [0.2, 0.25) is 0 Å². The van der Waals surface area contributed by atoms with Crippen LogP contribution in [0.5, 0.6) is 0 Å². The summed E-state index contributed by atoms with van der Waals surface area (Å²) in [6.07, 6.45) is 1.39. The van der Waals surface area contributed by atoms with Crippen LogP contribution in [0.2, 0.25) is 0 Å². The molecule has 0 bridgehead atoms. The predicted molar refractivity (Wildman–Crippen MR) is 67.6 cm³/mol. The molecule has 4 N–H and O–H groups in total. The van der Waals surface area contributed by atoms with Gasteiger partial charge in [-0.3, -0.25) is 10.0 Å². The molecule has 8 heteroatoms. The lowest BCUT2D eigenvalue weighted by molar-refractivity contribution is 0.211. The van der Waals surface area contributed by atoms with Crippen molar-refractivity contribution in [3.05, 3.63) is 12.7 Å². The molecule has 0 aromatic rings. The van der Waals surface area contributed by atoms with Gasteiger partial charge in [0.1, 0.15) is 0 Å². The van der Waals surface area contributed by atoms with Crippen LogP contribution in [0.4, 0.5) is 9.59 Å². The molecule has 0 atom stereocenters. The fourth-order valence-electron chi connectivity index (χ4n) is 0.696. The second-order valence-corrected chi connectivity index (χ2v) is 3.90. The zero-order chi connectivity index (χ0) is 13.3. The number of amidine groups is 1. The van der Waals surface area contributed by atoms with E-state index in [9.17, 15) is 9.59 Å². The van der Waals surface area contributed by atoms with E-state index >= 15 is 0 Å². The molecule has 17 heavy (non-hydrogen) atoms. The van der Waals surface area contributed by atoms with Gasteiger partial charge in [0, 0.05) is 5.75 Å². The minimum atomic E-state index is -0.945. The largest absolute Gasteiger partial charge is 0.462 e. The van der Waals surface area contributed by atoms with E-state index in [1.807, 2.05) is 0 Å². The summed E-state index contributed by atoms with van der Waals surface area (Å²) in [5.74, 6) is 0.556. The van der Waals surface area contributed by atoms with Crippen LogP contribution >= 0.6 is 11.9 Å². The summed E-state index contributed by atoms with van der Waals surface area (Å²) in [6, 6.07) is -1.73. The van der Waals surface area contributed by atoms with Gasteiger partial charge in [-0.15, -0.1) is 11.6 Å². The number of hydrogen-bond donors (Lipinski definition) is 3. The summed E-state index contributed by atoms with van der Waals surface area (Å²) in [7, 11) is 0. The number of nitrogens with one attached hydrogen (secondary N) is 2. The fourth-order valence-corrected chi connectivity index (χ4v) is 1.08. The molecule has 0 rings (SSSR count). The van der Waals surface area contributed by atoms with E-state index in [1.165, 1.54) is 0 Å². The number of carbonyl (C=O) groups excluding carboxylic acids is 2. The number of nitrogens with zero attached hydrogens (tertiary/aromatic N) is 1. The number of carbonyl (C=O) groups is 2. The average Bonchev–Trinajstić information content (AvgIpc) is 2.15. The van der Waals surface area contributed by atoms with Crippen LogP contribution in [-0.4, -0.2) is 29.9 Å². The monoisotopic (exact) mass is 260 g/mol. The highest BCUT2D eigenvalue weighted by atomic mass is 32.2. The summed E-state index contributed by atoms with van der Waals surface area (Å²) < 4.78 is 7.53. The van der Waals surface area contributed by atoms with Crippen LogP contribution in [0.15, 0.2) is 17.6 Å². The molecule has 0 aliphatic rings. The van der Waals surface area contributed by atoms with E-state index in [-0.39, 0.29) is 12.1 Å². The smallest absolute Gasteiger partial charge is 0.342 e. The molecule has 0 saturated carbocycles. The maximum Gasteiger partial charge on any atom is 0.342 e. The summed E-state index contributed by atoms with van der Waals surface area (Å²) >= 11 is 1.13. The van der Waals surface area contributed by atoms with E-state index in [0.717, 1.165) is 11.9 Å². The van der Waals surface area contributed by atoms with Crippen molar-refractivity contribution in [3.63, 3.8) is 0 Å². The Balaban J connectivity index is 4.28. The standard InChI is InChI=1S/C9H16N4O3S/c1-4-5-17-13-8(15)12-9(11-7(10)14)16-6(2)3/h4,6H,1,5H2,2-3H3,(H4,10,11,12,13,14,15).